The van der Waals surface area contributed by atoms with Crippen molar-refractivity contribution in [2.75, 3.05) is 0 Å². The van der Waals surface area contributed by atoms with Crippen molar-refractivity contribution < 1.29 is 9.90 Å². The molecule has 92 valence electrons. The molecule has 2 aromatic carbocycles. The zero-order chi connectivity index (χ0) is 13.3. The lowest BCUT2D eigenvalue weighted by Crippen LogP contribution is -2.02. The Kier molecular flexibility index (Phi) is 3.73. The molecule has 0 atom stereocenters. The average Bonchev–Trinajstić information content (AvgIpc) is 2.33. The first-order valence-electron chi connectivity index (χ1n) is 5.28. The summed E-state index contributed by atoms with van der Waals surface area (Å²) in [6.45, 7) is 1.79. The largest absolute Gasteiger partial charge is 0.507 e. The van der Waals surface area contributed by atoms with Crippen molar-refractivity contribution >= 4 is 33.3 Å². The summed E-state index contributed by atoms with van der Waals surface area (Å²) in [5.41, 5.74) is 1.53. The maximum absolute atomic E-state index is 12.3. The van der Waals surface area contributed by atoms with E-state index in [4.69, 9.17) is 11.6 Å². The topological polar surface area (TPSA) is 37.3 Å². The number of benzene rings is 2. The summed E-state index contributed by atoms with van der Waals surface area (Å²) in [4.78, 5) is 12.3. The average molecular weight is 326 g/mol. The number of phenols is 1. The van der Waals surface area contributed by atoms with E-state index in [2.05, 4.69) is 15.9 Å². The third-order valence-electron chi connectivity index (χ3n) is 2.61. The van der Waals surface area contributed by atoms with Crippen LogP contribution in [-0.4, -0.2) is 10.9 Å². The Morgan fingerprint density at radius 1 is 1.28 bits per heavy atom. The number of carbonyl (C=O) groups is 1. The monoisotopic (exact) mass is 324 g/mol. The number of rotatable bonds is 2. The van der Waals surface area contributed by atoms with E-state index in [9.17, 15) is 9.90 Å². The molecule has 0 unspecified atom stereocenters. The second-order valence-electron chi connectivity index (χ2n) is 3.96. The van der Waals surface area contributed by atoms with Gasteiger partial charge in [0.25, 0.3) is 0 Å². The molecule has 0 bridgehead atoms. The minimum absolute atomic E-state index is 0.101. The van der Waals surface area contributed by atoms with Crippen molar-refractivity contribution in [3.8, 4) is 5.75 Å². The first-order valence-corrected chi connectivity index (χ1v) is 6.45. The first-order chi connectivity index (χ1) is 8.49. The van der Waals surface area contributed by atoms with Gasteiger partial charge in [0.2, 0.25) is 0 Å². The van der Waals surface area contributed by atoms with Crippen molar-refractivity contribution in [1.82, 2.24) is 0 Å². The molecule has 2 nitrogen and oxygen atoms in total. The lowest BCUT2D eigenvalue weighted by Gasteiger charge is -2.07. The van der Waals surface area contributed by atoms with Gasteiger partial charge >= 0.3 is 0 Å². The molecule has 0 amide bonds. The van der Waals surface area contributed by atoms with Crippen LogP contribution in [0.15, 0.2) is 40.9 Å². The van der Waals surface area contributed by atoms with E-state index in [1.54, 1.807) is 31.2 Å². The minimum atomic E-state index is -0.228. The lowest BCUT2D eigenvalue weighted by atomic mass is 10.0. The maximum Gasteiger partial charge on any atom is 0.196 e. The van der Waals surface area contributed by atoms with E-state index in [1.165, 1.54) is 6.07 Å². The van der Waals surface area contributed by atoms with Gasteiger partial charge in [-0.3, -0.25) is 4.79 Å². The van der Waals surface area contributed by atoms with Crippen LogP contribution in [0.2, 0.25) is 5.02 Å². The molecule has 1 N–H and O–H groups in total. The number of carbonyl (C=O) groups excluding carboxylic acids is 1. The van der Waals surface area contributed by atoms with Gasteiger partial charge in [-0.15, -0.1) is 0 Å². The highest BCUT2D eigenvalue weighted by molar-refractivity contribution is 9.10. The quantitative estimate of drug-likeness (QED) is 0.834. The molecule has 0 aliphatic heterocycles. The third-order valence-corrected chi connectivity index (χ3v) is 3.51. The Labute approximate surface area is 118 Å². The van der Waals surface area contributed by atoms with Gasteiger partial charge < -0.3 is 5.11 Å². The van der Waals surface area contributed by atoms with Crippen molar-refractivity contribution in [1.29, 1.82) is 0 Å². The molecule has 0 heterocycles. The predicted molar refractivity (Wildman–Crippen MR) is 75.4 cm³/mol. The number of ketones is 1. The summed E-state index contributed by atoms with van der Waals surface area (Å²) in [6, 6.07) is 10.0. The molecule has 2 aromatic rings. The number of aryl methyl sites for hydroxylation is 1. The van der Waals surface area contributed by atoms with Gasteiger partial charge in [-0.1, -0.05) is 39.7 Å². The molecule has 4 heteroatoms. The maximum atomic E-state index is 12.3. The van der Waals surface area contributed by atoms with E-state index in [0.29, 0.717) is 10.6 Å². The Bertz CT molecular complexity index is 623. The van der Waals surface area contributed by atoms with E-state index in [0.717, 1.165) is 10.0 Å². The molecule has 0 fully saturated rings. The van der Waals surface area contributed by atoms with Crippen LogP contribution < -0.4 is 0 Å². The minimum Gasteiger partial charge on any atom is -0.507 e. The van der Waals surface area contributed by atoms with Crippen LogP contribution >= 0.6 is 27.5 Å². The number of phenolic OH excluding ortho intramolecular Hbond substituents is 1. The van der Waals surface area contributed by atoms with Gasteiger partial charge in [0.05, 0.1) is 5.56 Å². The standard InChI is InChI=1S/C14H10BrClO2/c1-8-5-11(13(17)7-12(8)16)14(18)9-3-2-4-10(15)6-9/h2-7,17H,1H3. The molecule has 18 heavy (non-hydrogen) atoms. The van der Waals surface area contributed by atoms with Crippen LogP contribution in [0, 0.1) is 6.92 Å². The van der Waals surface area contributed by atoms with E-state index >= 15 is 0 Å². The second-order valence-corrected chi connectivity index (χ2v) is 5.28. The van der Waals surface area contributed by atoms with Gasteiger partial charge in [-0.2, -0.15) is 0 Å². The van der Waals surface area contributed by atoms with Crippen LogP contribution in [0.5, 0.6) is 5.75 Å². The SMILES string of the molecule is Cc1cc(C(=O)c2cccc(Br)c2)c(O)cc1Cl. The lowest BCUT2D eigenvalue weighted by molar-refractivity contribution is 0.103. The summed E-state index contributed by atoms with van der Waals surface area (Å²) < 4.78 is 0.818. The number of aromatic hydroxyl groups is 1. The fourth-order valence-corrected chi connectivity index (χ4v) is 2.20. The molecule has 0 aliphatic carbocycles. The number of hydrogen-bond acceptors (Lipinski definition) is 2. The van der Waals surface area contributed by atoms with E-state index in [-0.39, 0.29) is 17.1 Å². The Hall–Kier alpha value is -1.32. The van der Waals surface area contributed by atoms with Crippen LogP contribution in [-0.2, 0) is 0 Å². The summed E-state index contributed by atoms with van der Waals surface area (Å²) >= 11 is 9.19. The van der Waals surface area contributed by atoms with Crippen LogP contribution in [0.1, 0.15) is 21.5 Å². The highest BCUT2D eigenvalue weighted by Gasteiger charge is 2.15. The molecule has 0 saturated heterocycles. The third kappa shape index (κ3) is 2.57. The van der Waals surface area contributed by atoms with Gasteiger partial charge in [-0.05, 0) is 36.8 Å². The van der Waals surface area contributed by atoms with Crippen LogP contribution in [0.25, 0.3) is 0 Å². The number of hydrogen-bond donors (Lipinski definition) is 1. The molecular formula is C14H10BrClO2. The zero-order valence-electron chi connectivity index (χ0n) is 9.58. The second kappa shape index (κ2) is 5.12. The zero-order valence-corrected chi connectivity index (χ0v) is 11.9. The van der Waals surface area contributed by atoms with Crippen LogP contribution in [0.4, 0.5) is 0 Å². The summed E-state index contributed by atoms with van der Waals surface area (Å²) in [7, 11) is 0. The summed E-state index contributed by atoms with van der Waals surface area (Å²) in [6.07, 6.45) is 0. The molecule has 0 aliphatic rings. The molecule has 0 radical (unpaired) electrons. The fourth-order valence-electron chi connectivity index (χ4n) is 1.64. The fraction of sp³-hybridized carbons (Fsp3) is 0.0714. The highest BCUT2D eigenvalue weighted by atomic mass is 79.9. The van der Waals surface area contributed by atoms with Crippen molar-refractivity contribution in [3.05, 3.63) is 62.6 Å². The smallest absolute Gasteiger partial charge is 0.196 e. The first kappa shape index (κ1) is 13.1. The normalized spacial score (nSPS) is 10.4. The molecule has 0 saturated carbocycles. The Morgan fingerprint density at radius 3 is 2.67 bits per heavy atom. The molecular weight excluding hydrogens is 316 g/mol. The molecule has 2 rings (SSSR count). The van der Waals surface area contributed by atoms with Crippen LogP contribution in [0.3, 0.4) is 0 Å². The van der Waals surface area contributed by atoms with Gasteiger partial charge in [0, 0.05) is 15.1 Å². The van der Waals surface area contributed by atoms with Crippen molar-refractivity contribution in [3.63, 3.8) is 0 Å². The van der Waals surface area contributed by atoms with E-state index in [1.807, 2.05) is 6.07 Å². The summed E-state index contributed by atoms with van der Waals surface area (Å²) in [5, 5.41) is 10.2. The Morgan fingerprint density at radius 2 is 2.00 bits per heavy atom. The number of halogens is 2. The Balaban J connectivity index is 2.49. The van der Waals surface area contributed by atoms with E-state index < -0.39 is 0 Å². The van der Waals surface area contributed by atoms with Gasteiger partial charge in [-0.25, -0.2) is 0 Å². The van der Waals surface area contributed by atoms with Gasteiger partial charge in [0.1, 0.15) is 5.75 Å². The van der Waals surface area contributed by atoms with Crippen molar-refractivity contribution in [2.45, 2.75) is 6.92 Å². The molecule has 0 aromatic heterocycles. The highest BCUT2D eigenvalue weighted by Crippen LogP contribution is 2.28. The molecule has 0 spiro atoms. The van der Waals surface area contributed by atoms with Gasteiger partial charge in [0.15, 0.2) is 5.78 Å². The summed E-state index contributed by atoms with van der Waals surface area (Å²) in [5.74, 6) is -0.329. The predicted octanol–water partition coefficient (Wildman–Crippen LogP) is 4.35. The van der Waals surface area contributed by atoms with Crippen molar-refractivity contribution in [2.24, 2.45) is 0 Å².